The summed E-state index contributed by atoms with van der Waals surface area (Å²) >= 11 is 6.61. The highest BCUT2D eigenvalue weighted by Crippen LogP contribution is 2.38. The molecule has 0 unspecified atom stereocenters. The van der Waals surface area contributed by atoms with Gasteiger partial charge in [-0.1, -0.05) is 62.9 Å². The molecule has 0 radical (unpaired) electrons. The van der Waals surface area contributed by atoms with Gasteiger partial charge in [0.05, 0.1) is 65.7 Å². The Bertz CT molecular complexity index is 3700. The molecule has 10 rings (SSSR count). The molecule has 17 nitrogen and oxygen atoms in total. The zero-order valence-electron chi connectivity index (χ0n) is 42.9. The second-order valence-electron chi connectivity index (χ2n) is 19.7. The number of alkyl halides is 4. The third-order valence-corrected chi connectivity index (χ3v) is 14.5. The third-order valence-electron chi connectivity index (χ3n) is 14.1. The molecule has 24 heteroatoms. The first kappa shape index (κ1) is 61.3. The molecular formula is C58H59ClF6N8O9. The minimum absolute atomic E-state index is 0. The van der Waals surface area contributed by atoms with Crippen LogP contribution in [0.4, 0.5) is 32.0 Å². The fourth-order valence-electron chi connectivity index (χ4n) is 10.1. The molecular weight excluding hydrogens is 1100 g/mol. The molecule has 3 amide bonds. The summed E-state index contributed by atoms with van der Waals surface area (Å²) in [6.07, 6.45) is 5.84. The van der Waals surface area contributed by atoms with E-state index in [9.17, 15) is 56.5 Å². The summed E-state index contributed by atoms with van der Waals surface area (Å²) in [7, 11) is 0. The van der Waals surface area contributed by atoms with Gasteiger partial charge in [-0.3, -0.25) is 48.0 Å². The highest BCUT2D eigenvalue weighted by atomic mass is 35.5. The summed E-state index contributed by atoms with van der Waals surface area (Å²) < 4.78 is 93.7. The van der Waals surface area contributed by atoms with Crippen LogP contribution in [0.15, 0.2) is 94.8 Å². The Morgan fingerprint density at radius 3 is 1.95 bits per heavy atom. The lowest BCUT2D eigenvalue weighted by Gasteiger charge is -2.24. The summed E-state index contributed by atoms with van der Waals surface area (Å²) in [5, 5.41) is 26.9. The van der Waals surface area contributed by atoms with E-state index in [0.29, 0.717) is 38.6 Å². The van der Waals surface area contributed by atoms with Crippen molar-refractivity contribution in [2.24, 2.45) is 0 Å². The Labute approximate surface area is 471 Å². The van der Waals surface area contributed by atoms with Crippen molar-refractivity contribution >= 4 is 63.0 Å². The van der Waals surface area contributed by atoms with Crippen LogP contribution in [0.25, 0.3) is 22.1 Å². The van der Waals surface area contributed by atoms with Crippen molar-refractivity contribution in [2.45, 2.75) is 91.8 Å². The molecule has 0 bridgehead atoms. The van der Waals surface area contributed by atoms with E-state index in [-0.39, 0.29) is 79.3 Å². The summed E-state index contributed by atoms with van der Waals surface area (Å²) in [6.45, 7) is 0.930. The molecule has 434 valence electrons. The quantitative estimate of drug-likeness (QED) is 0.0326. The van der Waals surface area contributed by atoms with Gasteiger partial charge in [0.25, 0.3) is 40.7 Å². The van der Waals surface area contributed by atoms with E-state index < -0.39 is 118 Å². The molecule has 0 saturated carbocycles. The second-order valence-corrected chi connectivity index (χ2v) is 20.0. The van der Waals surface area contributed by atoms with Crippen molar-refractivity contribution in [2.75, 3.05) is 44.6 Å². The first-order valence-electron chi connectivity index (χ1n) is 25.4. The molecule has 7 heterocycles. The van der Waals surface area contributed by atoms with E-state index in [1.807, 2.05) is 0 Å². The van der Waals surface area contributed by atoms with Gasteiger partial charge in [-0.05, 0) is 92.7 Å². The van der Waals surface area contributed by atoms with Gasteiger partial charge >= 0.3 is 5.97 Å². The van der Waals surface area contributed by atoms with Crippen LogP contribution in [-0.2, 0) is 30.7 Å². The van der Waals surface area contributed by atoms with Crippen molar-refractivity contribution in [1.29, 1.82) is 0 Å². The van der Waals surface area contributed by atoms with E-state index in [4.69, 9.17) is 16.3 Å². The molecule has 3 aromatic carbocycles. The van der Waals surface area contributed by atoms with E-state index >= 15 is 8.78 Å². The predicted molar refractivity (Wildman–Crippen MR) is 296 cm³/mol. The molecule has 0 aliphatic carbocycles. The standard InChI is InChI=1S/C29H21ClF3N3O6.C27H30F3N5O3.2CH4/c1-2-42-28(41)20-24(37)22-23(21(30)16(12-34-22)11-15-7-9-17(31)10-8-15)35(27(20)40)13-29(32,33)14-36-25(38)18-5-3-4-6-19(18)26(36)39;1-16-4-2-10-34(16)11-3-9-31-25(37)20-24(36)22-23-21(33-14-27(29,30)15-35(23)26(20)38)18(13-32-22)12-17-5-7-19(28)8-6-17;;/h3-10,12,37H,2,11,13-14H2,1H3;5-8,13,16,33,36H,2-4,9-12,14-15H2,1H3,(H,31,37);2*1H4/t;16-;;/m.1../s1. The number of rotatable bonds is 15. The summed E-state index contributed by atoms with van der Waals surface area (Å²) in [5.74, 6) is -13.6. The molecule has 1 saturated heterocycles. The van der Waals surface area contributed by atoms with Crippen LogP contribution in [0.5, 0.6) is 11.5 Å². The number of carbonyl (C=O) groups is 4. The van der Waals surface area contributed by atoms with Gasteiger partial charge in [0, 0.05) is 49.9 Å². The largest absolute Gasteiger partial charge is 0.505 e. The number of halogens is 7. The summed E-state index contributed by atoms with van der Waals surface area (Å²) in [5.41, 5.74) is -2.67. The number of imide groups is 1. The Balaban J connectivity index is 0.000000231. The molecule has 4 N–H and O–H groups in total. The maximum Gasteiger partial charge on any atom is 0.347 e. The lowest BCUT2D eigenvalue weighted by molar-refractivity contribution is -0.0359. The van der Waals surface area contributed by atoms with Gasteiger partial charge in [0.2, 0.25) is 0 Å². The van der Waals surface area contributed by atoms with Gasteiger partial charge in [-0.25, -0.2) is 31.1 Å². The summed E-state index contributed by atoms with van der Waals surface area (Å²) in [4.78, 5) is 89.0. The molecule has 1 atom stereocenters. The number of benzene rings is 3. The van der Waals surface area contributed by atoms with Crippen molar-refractivity contribution in [3.63, 3.8) is 0 Å². The number of likely N-dealkylation sites (tertiary alicyclic amines) is 1. The van der Waals surface area contributed by atoms with Crippen LogP contribution in [0, 0.1) is 11.6 Å². The van der Waals surface area contributed by atoms with Crippen LogP contribution in [0.1, 0.15) is 112 Å². The maximum absolute atomic E-state index is 15.7. The Kier molecular flexibility index (Phi) is 18.6. The van der Waals surface area contributed by atoms with Gasteiger partial charge in [-0.2, -0.15) is 0 Å². The lowest BCUT2D eigenvalue weighted by atomic mass is 10.0. The molecule has 4 aromatic heterocycles. The lowest BCUT2D eigenvalue weighted by Crippen LogP contribution is -2.44. The average Bonchev–Trinajstić information content (AvgIpc) is 4.06. The Hall–Kier alpha value is -8.31. The fraction of sp³-hybridized carbons (Fsp3) is 0.345. The normalized spacial score (nSPS) is 15.4. The first-order chi connectivity index (χ1) is 38.1. The van der Waals surface area contributed by atoms with Crippen molar-refractivity contribution in [3.8, 4) is 11.5 Å². The van der Waals surface area contributed by atoms with Gasteiger partial charge in [0.1, 0.15) is 28.2 Å². The topological polar surface area (TPSA) is 218 Å². The third kappa shape index (κ3) is 12.4. The Morgan fingerprint density at radius 1 is 0.817 bits per heavy atom. The minimum atomic E-state index is -3.91. The number of hydrogen-bond donors (Lipinski definition) is 4. The Morgan fingerprint density at radius 2 is 1.38 bits per heavy atom. The number of esters is 1. The van der Waals surface area contributed by atoms with E-state index in [2.05, 4.69) is 32.4 Å². The number of nitrogens with one attached hydrogen (secondary N) is 2. The number of hydrogen-bond acceptors (Lipinski definition) is 13. The van der Waals surface area contributed by atoms with E-state index in [1.54, 1.807) is 12.1 Å². The van der Waals surface area contributed by atoms with Crippen molar-refractivity contribution in [3.05, 3.63) is 167 Å². The van der Waals surface area contributed by atoms with Gasteiger partial charge in [-0.15, -0.1) is 0 Å². The smallest absolute Gasteiger partial charge is 0.347 e. The van der Waals surface area contributed by atoms with Gasteiger partial charge in [0.15, 0.2) is 17.1 Å². The monoisotopic (exact) mass is 1160 g/mol. The second kappa shape index (κ2) is 24.8. The predicted octanol–water partition coefficient (Wildman–Crippen LogP) is 9.36. The molecule has 1 fully saturated rings. The maximum atomic E-state index is 15.7. The highest BCUT2D eigenvalue weighted by molar-refractivity contribution is 6.36. The number of ether oxygens (including phenoxy) is 1. The summed E-state index contributed by atoms with van der Waals surface area (Å²) in [6, 6.07) is 17.2. The molecule has 3 aliphatic rings. The minimum Gasteiger partial charge on any atom is -0.505 e. The number of anilines is 1. The average molecular weight is 1160 g/mol. The number of amides is 3. The van der Waals surface area contributed by atoms with Crippen LogP contribution < -0.4 is 21.8 Å². The van der Waals surface area contributed by atoms with Crippen LogP contribution in [-0.4, -0.2) is 120 Å². The van der Waals surface area contributed by atoms with Gasteiger partial charge < -0.3 is 30.5 Å². The first-order valence-corrected chi connectivity index (χ1v) is 25.8. The van der Waals surface area contributed by atoms with Crippen LogP contribution in [0.3, 0.4) is 0 Å². The zero-order chi connectivity index (χ0) is 57.4. The van der Waals surface area contributed by atoms with Crippen LogP contribution in [0.2, 0.25) is 5.02 Å². The molecule has 0 spiro atoms. The number of carbonyl (C=O) groups excluding carboxylic acids is 4. The van der Waals surface area contributed by atoms with Crippen molar-refractivity contribution < 1.29 is 60.5 Å². The van der Waals surface area contributed by atoms with E-state index in [0.717, 1.165) is 30.5 Å². The van der Waals surface area contributed by atoms with Crippen LogP contribution >= 0.6 is 11.6 Å². The molecule has 3 aliphatic heterocycles. The number of fused-ring (bicyclic) bond motifs is 2. The zero-order valence-corrected chi connectivity index (χ0v) is 43.7. The number of aromatic hydroxyl groups is 2. The number of pyridine rings is 4. The number of nitrogens with zero attached hydrogens (tertiary/aromatic N) is 6. The fourth-order valence-corrected chi connectivity index (χ4v) is 10.4. The SMILES string of the molecule is C.C.CCOC(=O)c1c(O)c2ncc(Cc3ccc(F)cc3)c(Cl)c2n(CC(F)(F)CN2C(=O)c3ccccc3C2=O)c1=O.C[C@@H]1CCCN1CCCNC(=O)c1c(O)c2ncc(Cc3ccc(F)cc3)c3c2n(c1=O)CC(F)(F)CN3. The molecule has 7 aromatic rings. The highest BCUT2D eigenvalue weighted by Gasteiger charge is 2.44. The number of aromatic nitrogens is 4. The van der Waals surface area contributed by atoms with E-state index in [1.165, 1.54) is 80.0 Å². The molecule has 82 heavy (non-hydrogen) atoms. The van der Waals surface area contributed by atoms with Crippen molar-refractivity contribution in [1.82, 2.24) is 34.2 Å².